The minimum Gasteiger partial charge on any atom is -0.305 e. The van der Waals surface area contributed by atoms with Crippen LogP contribution >= 0.6 is 15.2 Å². The van der Waals surface area contributed by atoms with Crippen LogP contribution in [0.2, 0.25) is 0 Å². The van der Waals surface area contributed by atoms with Gasteiger partial charge in [0.25, 0.3) is 0 Å². The Labute approximate surface area is 167 Å². The van der Waals surface area contributed by atoms with Crippen LogP contribution in [0, 0.1) is 0 Å². The Morgan fingerprint density at radius 2 is 1.24 bits per heavy atom. The van der Waals surface area contributed by atoms with Crippen molar-refractivity contribution in [3.8, 4) is 0 Å². The van der Waals surface area contributed by atoms with E-state index in [-0.39, 0.29) is 42.6 Å². The minimum atomic E-state index is -5.02. The van der Waals surface area contributed by atoms with Crippen LogP contribution in [0.3, 0.4) is 0 Å². The summed E-state index contributed by atoms with van der Waals surface area (Å²) in [5.74, 6) is -1.98. The molecule has 166 valence electrons. The second-order valence-electron chi connectivity index (χ2n) is 5.59. The average molecular weight is 460 g/mol. The van der Waals surface area contributed by atoms with E-state index in [1.807, 2.05) is 0 Å². The van der Waals surface area contributed by atoms with Gasteiger partial charge in [0.2, 0.25) is 5.78 Å². The highest BCUT2D eigenvalue weighted by atomic mass is 31.2. The van der Waals surface area contributed by atoms with Crippen molar-refractivity contribution in [1.29, 1.82) is 0 Å². The molecule has 0 aliphatic carbocycles. The van der Waals surface area contributed by atoms with Gasteiger partial charge in [0, 0.05) is 6.42 Å². The van der Waals surface area contributed by atoms with Crippen LogP contribution in [0.1, 0.15) is 33.3 Å². The second kappa shape index (κ2) is 10.8. The minimum absolute atomic E-state index is 0.00139. The zero-order chi connectivity index (χ0) is 22.3. The van der Waals surface area contributed by atoms with Crippen LogP contribution < -0.4 is 10.6 Å². The smallest absolute Gasteiger partial charge is 0.305 e. The van der Waals surface area contributed by atoms with E-state index in [2.05, 4.69) is 0 Å². The summed E-state index contributed by atoms with van der Waals surface area (Å²) in [5, 5.41) is -0.395. The summed E-state index contributed by atoms with van der Waals surface area (Å²) in [6, 6.07) is 3.41. The first-order chi connectivity index (χ1) is 13.5. The van der Waals surface area contributed by atoms with Crippen LogP contribution in [0.4, 0.5) is 13.2 Å². The molecule has 0 spiro atoms. The van der Waals surface area contributed by atoms with Gasteiger partial charge in [-0.05, 0) is 45.4 Å². The third-order valence-corrected chi connectivity index (χ3v) is 8.02. The number of ketones is 1. The molecular formula is C17H25F3O7P2. The summed E-state index contributed by atoms with van der Waals surface area (Å²) in [6.45, 7) is 6.15. The zero-order valence-corrected chi connectivity index (χ0v) is 18.4. The summed E-state index contributed by atoms with van der Waals surface area (Å²) >= 11 is 0. The van der Waals surface area contributed by atoms with Gasteiger partial charge in [0.15, 0.2) is 0 Å². The van der Waals surface area contributed by atoms with E-state index in [0.717, 1.165) is 6.07 Å². The highest BCUT2D eigenvalue weighted by Crippen LogP contribution is 2.53. The molecule has 1 aromatic carbocycles. The van der Waals surface area contributed by atoms with Crippen LogP contribution in [-0.4, -0.2) is 38.4 Å². The fourth-order valence-corrected chi connectivity index (χ4v) is 6.53. The maximum absolute atomic E-state index is 13.3. The van der Waals surface area contributed by atoms with Crippen molar-refractivity contribution >= 4 is 31.6 Å². The van der Waals surface area contributed by atoms with Gasteiger partial charge in [-0.25, -0.2) is 0 Å². The summed E-state index contributed by atoms with van der Waals surface area (Å²) in [6.07, 6.45) is -6.00. The lowest BCUT2D eigenvalue weighted by Crippen LogP contribution is -2.31. The van der Waals surface area contributed by atoms with Gasteiger partial charge in [-0.1, -0.05) is 6.07 Å². The first-order valence-corrected chi connectivity index (χ1v) is 12.1. The summed E-state index contributed by atoms with van der Waals surface area (Å²) in [5.41, 5.74) is -0.0924. The van der Waals surface area contributed by atoms with E-state index in [1.165, 1.54) is 12.1 Å². The van der Waals surface area contributed by atoms with E-state index in [9.17, 15) is 27.1 Å². The van der Waals surface area contributed by atoms with Gasteiger partial charge in [-0.2, -0.15) is 13.2 Å². The number of benzene rings is 1. The number of hydrogen-bond acceptors (Lipinski definition) is 7. The molecule has 29 heavy (non-hydrogen) atoms. The Hall–Kier alpha value is -1.02. The molecule has 0 aliphatic rings. The van der Waals surface area contributed by atoms with Crippen molar-refractivity contribution < 1.29 is 45.2 Å². The van der Waals surface area contributed by atoms with Gasteiger partial charge in [-0.3, -0.25) is 13.9 Å². The fraction of sp³-hybridized carbons (Fsp3) is 0.588. The van der Waals surface area contributed by atoms with Crippen molar-refractivity contribution in [1.82, 2.24) is 0 Å². The van der Waals surface area contributed by atoms with E-state index in [1.54, 1.807) is 27.7 Å². The summed E-state index contributed by atoms with van der Waals surface area (Å²) in [4.78, 5) is 11.4. The molecule has 0 amide bonds. The number of hydrogen-bond donors (Lipinski definition) is 0. The molecule has 0 radical (unpaired) electrons. The third kappa shape index (κ3) is 6.74. The number of rotatable bonds is 12. The fourth-order valence-electron chi connectivity index (χ4n) is 2.45. The Morgan fingerprint density at radius 3 is 1.62 bits per heavy atom. The number of halogens is 3. The maximum atomic E-state index is 13.3. The molecule has 0 fully saturated rings. The van der Waals surface area contributed by atoms with Gasteiger partial charge >= 0.3 is 21.4 Å². The molecular weight excluding hydrogens is 435 g/mol. The molecule has 0 aromatic heterocycles. The molecule has 0 aliphatic heterocycles. The molecule has 7 nitrogen and oxygen atoms in total. The molecule has 0 unspecified atom stereocenters. The second-order valence-corrected chi connectivity index (χ2v) is 9.57. The van der Waals surface area contributed by atoms with Gasteiger partial charge in [0.05, 0.1) is 37.0 Å². The Morgan fingerprint density at radius 1 is 0.828 bits per heavy atom. The maximum Gasteiger partial charge on any atom is 0.450 e. The quantitative estimate of drug-likeness (QED) is 0.433. The topological polar surface area (TPSA) is 88.1 Å². The lowest BCUT2D eigenvalue weighted by Gasteiger charge is -2.24. The third-order valence-electron chi connectivity index (χ3n) is 3.51. The molecule has 1 aromatic rings. The Kier molecular flexibility index (Phi) is 9.73. The standard InChI is InChI=1S/C17H25F3O7P2/c1-5-24-28(22,25-6-2)14-10-9-13(12-16(21)17(18,19)20)11-15(14)29(23,26-7-3)27-8-4/h9-11H,5-8,12H2,1-4H3. The molecule has 0 saturated carbocycles. The molecule has 0 N–H and O–H groups in total. The predicted octanol–water partition coefficient (Wildman–Crippen LogP) is 4.14. The SMILES string of the molecule is CCOP(=O)(OCC)c1ccc(CC(=O)C(F)(F)F)cc1P(=O)(OCC)OCC. The average Bonchev–Trinajstić information content (AvgIpc) is 2.61. The molecule has 0 saturated heterocycles. The number of carbonyl (C=O) groups is 1. The Bertz CT molecular complexity index is 776. The molecule has 0 bridgehead atoms. The molecule has 12 heteroatoms. The summed E-state index contributed by atoms with van der Waals surface area (Å²) < 4.78 is 85.6. The molecule has 0 heterocycles. The van der Waals surface area contributed by atoms with E-state index in [4.69, 9.17) is 18.1 Å². The number of alkyl halides is 3. The van der Waals surface area contributed by atoms with E-state index in [0.29, 0.717) is 0 Å². The largest absolute Gasteiger partial charge is 0.450 e. The lowest BCUT2D eigenvalue weighted by atomic mass is 10.1. The highest BCUT2D eigenvalue weighted by molar-refractivity contribution is 7.68. The molecule has 0 atom stereocenters. The monoisotopic (exact) mass is 460 g/mol. The lowest BCUT2D eigenvalue weighted by molar-refractivity contribution is -0.170. The van der Waals surface area contributed by atoms with E-state index < -0.39 is 33.6 Å². The van der Waals surface area contributed by atoms with E-state index >= 15 is 0 Å². The van der Waals surface area contributed by atoms with Crippen LogP contribution in [0.15, 0.2) is 18.2 Å². The van der Waals surface area contributed by atoms with Crippen molar-refractivity contribution in [2.45, 2.75) is 40.3 Å². The van der Waals surface area contributed by atoms with Gasteiger partial charge in [0.1, 0.15) is 0 Å². The summed E-state index contributed by atoms with van der Waals surface area (Å²) in [7, 11) is -8.07. The van der Waals surface area contributed by atoms with Gasteiger partial charge < -0.3 is 18.1 Å². The predicted molar refractivity (Wildman–Crippen MR) is 102 cm³/mol. The Balaban J connectivity index is 3.66. The van der Waals surface area contributed by atoms with Crippen molar-refractivity contribution in [2.75, 3.05) is 26.4 Å². The molecule has 1 rings (SSSR count). The van der Waals surface area contributed by atoms with Crippen LogP contribution in [0.25, 0.3) is 0 Å². The van der Waals surface area contributed by atoms with Crippen LogP contribution in [0.5, 0.6) is 0 Å². The first-order valence-electron chi connectivity index (χ1n) is 8.99. The van der Waals surface area contributed by atoms with Crippen LogP contribution in [-0.2, 0) is 38.4 Å². The van der Waals surface area contributed by atoms with Crippen molar-refractivity contribution in [3.63, 3.8) is 0 Å². The van der Waals surface area contributed by atoms with Gasteiger partial charge in [-0.15, -0.1) is 0 Å². The van der Waals surface area contributed by atoms with Crippen molar-refractivity contribution in [2.24, 2.45) is 0 Å². The zero-order valence-electron chi connectivity index (χ0n) is 16.7. The first kappa shape index (κ1) is 26.0. The number of Topliss-reactive ketones (excluding diaryl/α,β-unsaturated/α-hetero) is 1. The van der Waals surface area contributed by atoms with Crippen molar-refractivity contribution in [3.05, 3.63) is 23.8 Å². The highest BCUT2D eigenvalue weighted by Gasteiger charge is 2.41. The number of carbonyl (C=O) groups excluding carboxylic acids is 1. The normalized spacial score (nSPS) is 12.9.